The lowest BCUT2D eigenvalue weighted by molar-refractivity contribution is -0.121. The van der Waals surface area contributed by atoms with Crippen LogP contribution < -0.4 is 20.3 Å². The van der Waals surface area contributed by atoms with Crippen LogP contribution in [0.3, 0.4) is 0 Å². The summed E-state index contributed by atoms with van der Waals surface area (Å²) in [5, 5.41) is 0. The lowest BCUT2D eigenvalue weighted by Crippen LogP contribution is -2.41. The van der Waals surface area contributed by atoms with Crippen molar-refractivity contribution in [1.29, 1.82) is 0 Å². The minimum atomic E-state index is -0.493. The van der Waals surface area contributed by atoms with E-state index in [-0.39, 0.29) is 30.3 Å². The standard InChI is InChI=1S/C24H23FN2O4/c1-30-20-13-8-17(9-14-20)10-15-23(28)26-27-24(29)21-4-2-3-5-22(21)31-16-18-6-11-19(25)12-7-18/h2-9,11-14H,10,15-16H2,1H3,(H,26,28)(H,27,29). The van der Waals surface area contributed by atoms with Crippen LogP contribution in [-0.4, -0.2) is 18.9 Å². The van der Waals surface area contributed by atoms with Gasteiger partial charge in [-0.3, -0.25) is 20.4 Å². The first-order valence-corrected chi connectivity index (χ1v) is 9.73. The fourth-order valence-corrected chi connectivity index (χ4v) is 2.83. The number of methoxy groups -OCH3 is 1. The first-order chi connectivity index (χ1) is 15.0. The summed E-state index contributed by atoms with van der Waals surface area (Å²) in [4.78, 5) is 24.6. The molecular formula is C24H23FN2O4. The summed E-state index contributed by atoms with van der Waals surface area (Å²) in [6.45, 7) is 0.179. The maximum atomic E-state index is 13.0. The Bertz CT molecular complexity index is 1020. The molecule has 0 spiro atoms. The first kappa shape index (κ1) is 21.8. The molecule has 3 aromatic carbocycles. The zero-order chi connectivity index (χ0) is 22.1. The van der Waals surface area contributed by atoms with Crippen LogP contribution in [-0.2, 0) is 17.8 Å². The number of hydrazine groups is 1. The Labute approximate surface area is 180 Å². The molecule has 0 unspecified atom stereocenters. The molecule has 0 aliphatic carbocycles. The molecule has 6 nitrogen and oxygen atoms in total. The number of rotatable bonds is 8. The number of amides is 2. The molecule has 0 saturated heterocycles. The summed E-state index contributed by atoms with van der Waals surface area (Å²) in [5.74, 6) is -0.0229. The molecule has 3 rings (SSSR count). The number of hydrogen-bond donors (Lipinski definition) is 2. The van der Waals surface area contributed by atoms with Crippen LogP contribution in [0.25, 0.3) is 0 Å². The van der Waals surface area contributed by atoms with Crippen molar-refractivity contribution < 1.29 is 23.5 Å². The van der Waals surface area contributed by atoms with Crippen LogP contribution in [0.1, 0.15) is 27.9 Å². The van der Waals surface area contributed by atoms with E-state index in [0.29, 0.717) is 12.2 Å². The number of halogens is 1. The molecule has 0 radical (unpaired) electrons. The Hall–Kier alpha value is -3.87. The molecule has 7 heteroatoms. The predicted octanol–water partition coefficient (Wildman–Crippen LogP) is 3.81. The number of hydrogen-bond acceptors (Lipinski definition) is 4. The SMILES string of the molecule is COc1ccc(CCC(=O)NNC(=O)c2ccccc2OCc2ccc(F)cc2)cc1. The van der Waals surface area contributed by atoms with Crippen molar-refractivity contribution in [2.45, 2.75) is 19.4 Å². The minimum absolute atomic E-state index is 0.179. The molecule has 0 aromatic heterocycles. The molecule has 0 aliphatic rings. The highest BCUT2D eigenvalue weighted by atomic mass is 19.1. The molecule has 0 fully saturated rings. The summed E-state index contributed by atoms with van der Waals surface area (Å²) in [6, 6.07) is 20.0. The number of carbonyl (C=O) groups is 2. The van der Waals surface area contributed by atoms with Crippen LogP contribution >= 0.6 is 0 Å². The fourth-order valence-electron chi connectivity index (χ4n) is 2.83. The molecular weight excluding hydrogens is 399 g/mol. The zero-order valence-electron chi connectivity index (χ0n) is 17.1. The molecule has 3 aromatic rings. The fraction of sp³-hybridized carbons (Fsp3) is 0.167. The maximum Gasteiger partial charge on any atom is 0.273 e. The lowest BCUT2D eigenvalue weighted by Gasteiger charge is -2.12. The van der Waals surface area contributed by atoms with E-state index in [9.17, 15) is 14.0 Å². The van der Waals surface area contributed by atoms with Crippen LogP contribution in [0, 0.1) is 5.82 Å². The summed E-state index contributed by atoms with van der Waals surface area (Å²) in [6.07, 6.45) is 0.748. The van der Waals surface area contributed by atoms with Gasteiger partial charge in [0, 0.05) is 6.42 Å². The monoisotopic (exact) mass is 422 g/mol. The van der Waals surface area contributed by atoms with E-state index in [1.54, 1.807) is 43.5 Å². The van der Waals surface area contributed by atoms with Gasteiger partial charge in [0.25, 0.3) is 5.91 Å². The van der Waals surface area contributed by atoms with E-state index >= 15 is 0 Å². The number of para-hydroxylation sites is 1. The molecule has 0 saturated carbocycles. The minimum Gasteiger partial charge on any atom is -0.497 e. The van der Waals surface area contributed by atoms with E-state index in [1.165, 1.54) is 12.1 Å². The Morgan fingerprint density at radius 1 is 0.871 bits per heavy atom. The second-order valence-electron chi connectivity index (χ2n) is 6.76. The van der Waals surface area contributed by atoms with Crippen molar-refractivity contribution in [1.82, 2.24) is 10.9 Å². The van der Waals surface area contributed by atoms with Gasteiger partial charge in [0.15, 0.2) is 0 Å². The van der Waals surface area contributed by atoms with Crippen molar-refractivity contribution >= 4 is 11.8 Å². The Kier molecular flexibility index (Phi) is 7.59. The number of carbonyl (C=O) groups excluding carboxylic acids is 2. The van der Waals surface area contributed by atoms with Gasteiger partial charge in [-0.25, -0.2) is 4.39 Å². The van der Waals surface area contributed by atoms with Gasteiger partial charge in [-0.2, -0.15) is 0 Å². The third-order valence-corrected chi connectivity index (χ3v) is 4.55. The number of ether oxygens (including phenoxy) is 2. The van der Waals surface area contributed by atoms with Crippen LogP contribution in [0.2, 0.25) is 0 Å². The molecule has 0 bridgehead atoms. The van der Waals surface area contributed by atoms with Crippen molar-refractivity contribution in [3.05, 3.63) is 95.3 Å². The van der Waals surface area contributed by atoms with Gasteiger partial charge in [0.1, 0.15) is 23.9 Å². The van der Waals surface area contributed by atoms with Gasteiger partial charge < -0.3 is 9.47 Å². The van der Waals surface area contributed by atoms with Crippen molar-refractivity contribution in [3.8, 4) is 11.5 Å². The molecule has 0 heterocycles. The average molecular weight is 422 g/mol. The molecule has 31 heavy (non-hydrogen) atoms. The van der Waals surface area contributed by atoms with E-state index in [2.05, 4.69) is 10.9 Å². The second-order valence-corrected chi connectivity index (χ2v) is 6.76. The normalized spacial score (nSPS) is 10.3. The number of aryl methyl sites for hydroxylation is 1. The first-order valence-electron chi connectivity index (χ1n) is 9.73. The summed E-state index contributed by atoms with van der Waals surface area (Å²) < 4.78 is 23.8. The largest absolute Gasteiger partial charge is 0.497 e. The summed E-state index contributed by atoms with van der Waals surface area (Å²) in [7, 11) is 1.59. The van der Waals surface area contributed by atoms with Crippen molar-refractivity contribution in [2.24, 2.45) is 0 Å². The maximum absolute atomic E-state index is 13.0. The summed E-state index contributed by atoms with van der Waals surface area (Å²) >= 11 is 0. The zero-order valence-corrected chi connectivity index (χ0v) is 17.1. The smallest absolute Gasteiger partial charge is 0.273 e. The Morgan fingerprint density at radius 3 is 2.26 bits per heavy atom. The van der Waals surface area contributed by atoms with E-state index in [4.69, 9.17) is 9.47 Å². The Morgan fingerprint density at radius 2 is 1.55 bits per heavy atom. The molecule has 0 aliphatic heterocycles. The number of benzene rings is 3. The quantitative estimate of drug-likeness (QED) is 0.542. The van der Waals surface area contributed by atoms with Gasteiger partial charge in [-0.05, 0) is 53.9 Å². The van der Waals surface area contributed by atoms with E-state index < -0.39 is 5.91 Å². The van der Waals surface area contributed by atoms with Gasteiger partial charge in [-0.15, -0.1) is 0 Å². The van der Waals surface area contributed by atoms with Crippen LogP contribution in [0.15, 0.2) is 72.8 Å². The van der Waals surface area contributed by atoms with Crippen LogP contribution in [0.5, 0.6) is 11.5 Å². The topological polar surface area (TPSA) is 76.7 Å². The highest BCUT2D eigenvalue weighted by Crippen LogP contribution is 2.19. The predicted molar refractivity (Wildman–Crippen MR) is 114 cm³/mol. The highest BCUT2D eigenvalue weighted by molar-refractivity contribution is 5.97. The van der Waals surface area contributed by atoms with Gasteiger partial charge in [0.2, 0.25) is 5.91 Å². The van der Waals surface area contributed by atoms with E-state index in [0.717, 1.165) is 16.9 Å². The highest BCUT2D eigenvalue weighted by Gasteiger charge is 2.13. The third-order valence-electron chi connectivity index (χ3n) is 4.55. The second kappa shape index (κ2) is 10.8. The molecule has 160 valence electrons. The van der Waals surface area contributed by atoms with E-state index in [1.807, 2.05) is 24.3 Å². The third kappa shape index (κ3) is 6.57. The van der Waals surface area contributed by atoms with Gasteiger partial charge >= 0.3 is 0 Å². The Balaban J connectivity index is 1.50. The molecule has 2 N–H and O–H groups in total. The van der Waals surface area contributed by atoms with Gasteiger partial charge in [-0.1, -0.05) is 36.4 Å². The van der Waals surface area contributed by atoms with Crippen molar-refractivity contribution in [3.63, 3.8) is 0 Å². The molecule has 0 atom stereocenters. The lowest BCUT2D eigenvalue weighted by atomic mass is 10.1. The number of nitrogens with one attached hydrogen (secondary N) is 2. The van der Waals surface area contributed by atoms with Gasteiger partial charge in [0.05, 0.1) is 12.7 Å². The average Bonchev–Trinajstić information content (AvgIpc) is 2.81. The molecule has 2 amide bonds. The van der Waals surface area contributed by atoms with Crippen molar-refractivity contribution in [2.75, 3.05) is 7.11 Å². The summed E-state index contributed by atoms with van der Waals surface area (Å²) in [5.41, 5.74) is 6.86. The van der Waals surface area contributed by atoms with Crippen LogP contribution in [0.4, 0.5) is 4.39 Å².